The number of nitrogens with one attached hydrogen (secondary N) is 4. The van der Waals surface area contributed by atoms with Gasteiger partial charge in [-0.2, -0.15) is 0 Å². The van der Waals surface area contributed by atoms with E-state index in [1.165, 1.54) is 0 Å². The highest BCUT2D eigenvalue weighted by molar-refractivity contribution is 5.77. The van der Waals surface area contributed by atoms with Crippen molar-refractivity contribution in [3.8, 4) is 0 Å². The highest BCUT2D eigenvalue weighted by Gasteiger charge is 2.63. The van der Waals surface area contributed by atoms with E-state index in [1.807, 2.05) is 0 Å². The Bertz CT molecular complexity index is 2210. The van der Waals surface area contributed by atoms with E-state index >= 15 is 0 Å². The zero-order valence-corrected chi connectivity index (χ0v) is 45.9. The number of hydrogen-bond donors (Lipinski definition) is 22. The number of carbonyl (C=O) groups excluding carboxylic acids is 4. The molecular formula is C47H78N4O34. The average molecular weight is 1240 g/mol. The molecule has 6 saturated heterocycles. The lowest BCUT2D eigenvalue weighted by Gasteiger charge is -2.53. The molecule has 0 aromatic heterocycles. The van der Waals surface area contributed by atoms with E-state index in [-0.39, 0.29) is 0 Å². The Morgan fingerprint density at radius 3 is 1.44 bits per heavy atom. The fourth-order valence-corrected chi connectivity index (χ4v) is 10.8. The third-order valence-corrected chi connectivity index (χ3v) is 15.0. The summed E-state index contributed by atoms with van der Waals surface area (Å²) in [6.07, 6.45) is -55.1. The zero-order chi connectivity index (χ0) is 63.3. The normalized spacial score (nSPS) is 45.0. The van der Waals surface area contributed by atoms with E-state index < -0.39 is 265 Å². The number of carboxylic acid groups (broad SMARTS) is 1. The van der Waals surface area contributed by atoms with E-state index in [2.05, 4.69) is 21.3 Å². The molecule has 0 saturated carbocycles. The molecule has 38 heteroatoms. The van der Waals surface area contributed by atoms with Crippen LogP contribution in [0.25, 0.3) is 0 Å². The van der Waals surface area contributed by atoms with Crippen molar-refractivity contribution in [3.05, 3.63) is 0 Å². The van der Waals surface area contributed by atoms with Crippen molar-refractivity contribution < 1.29 is 168 Å². The second-order valence-corrected chi connectivity index (χ2v) is 21.1. The molecule has 6 heterocycles. The van der Waals surface area contributed by atoms with Gasteiger partial charge in [0, 0.05) is 34.1 Å². The Balaban J connectivity index is 1.39. The SMILES string of the molecule is CC(=O)N[C@@H]1[C@@H](O[C@@H]2O[C@H](CO)[C@H](O[C@@H]3O[C@H](CO)[C@H](O)[C@H](O[C@@H]4O[C@H](CO)[C@H](O[C@@H]5O[C@H](CO)[C@H](O)[C@H](O)[C@H]5NC(C)=O)[C@H](O[C@]5(C(=O)O)C[C@H](O)[C@@H](NC(C)=O)[C@H]([C@H](O)[C@H](O)CO)O5)[C@H]4NC(C)=O)[C@H]3O)[C@H](O)[C@H]2O)[C@H](O)[C@@H](CO)O[C@H]1O. The van der Waals surface area contributed by atoms with Crippen molar-refractivity contribution >= 4 is 29.6 Å². The Morgan fingerprint density at radius 1 is 0.459 bits per heavy atom. The fourth-order valence-electron chi connectivity index (χ4n) is 10.8. The maximum atomic E-state index is 13.7. The molecule has 4 amide bonds. The van der Waals surface area contributed by atoms with Gasteiger partial charge in [-0.15, -0.1) is 0 Å². The summed E-state index contributed by atoms with van der Waals surface area (Å²) in [4.78, 5) is 63.9. The predicted molar refractivity (Wildman–Crippen MR) is 263 cm³/mol. The molecule has 6 aliphatic heterocycles. The van der Waals surface area contributed by atoms with E-state index in [9.17, 15) is 116 Å². The third kappa shape index (κ3) is 15.6. The Kier molecular flexibility index (Phi) is 24.9. The Hall–Kier alpha value is -3.77. The first kappa shape index (κ1) is 70.3. The number of ether oxygens (including phenoxy) is 11. The third-order valence-electron chi connectivity index (χ3n) is 15.0. The molecule has 0 bridgehead atoms. The number of aliphatic carboxylic acids is 1. The minimum absolute atomic E-state index is 0.764. The van der Waals surface area contributed by atoms with Crippen molar-refractivity contribution in [2.45, 2.75) is 224 Å². The highest BCUT2D eigenvalue weighted by atomic mass is 16.8. The van der Waals surface area contributed by atoms with Gasteiger partial charge >= 0.3 is 5.97 Å². The molecule has 0 unspecified atom stereocenters. The summed E-state index contributed by atoms with van der Waals surface area (Å²) in [5.41, 5.74) is 0. The van der Waals surface area contributed by atoms with Crippen molar-refractivity contribution in [2.75, 3.05) is 39.6 Å². The van der Waals surface area contributed by atoms with Crippen LogP contribution in [0.5, 0.6) is 0 Å². The van der Waals surface area contributed by atoms with E-state index in [4.69, 9.17) is 52.1 Å². The molecule has 490 valence electrons. The maximum Gasteiger partial charge on any atom is 0.364 e. The Labute approximate surface area is 481 Å². The van der Waals surface area contributed by atoms with Gasteiger partial charge in [-0.3, -0.25) is 19.2 Å². The summed E-state index contributed by atoms with van der Waals surface area (Å²) < 4.78 is 64.5. The van der Waals surface area contributed by atoms with Crippen molar-refractivity contribution in [2.24, 2.45) is 0 Å². The van der Waals surface area contributed by atoms with E-state index in [1.54, 1.807) is 0 Å². The second kappa shape index (κ2) is 30.2. The van der Waals surface area contributed by atoms with Crippen LogP contribution in [0.4, 0.5) is 0 Å². The molecule has 0 radical (unpaired) electrons. The van der Waals surface area contributed by atoms with Crippen LogP contribution in [0.15, 0.2) is 0 Å². The van der Waals surface area contributed by atoms with Crippen LogP contribution in [0.1, 0.15) is 34.1 Å². The molecule has 0 aromatic carbocycles. The van der Waals surface area contributed by atoms with E-state index in [0.29, 0.717) is 0 Å². The van der Waals surface area contributed by atoms with Crippen LogP contribution in [-0.4, -0.2) is 351 Å². The van der Waals surface area contributed by atoms with Gasteiger partial charge in [0.15, 0.2) is 31.5 Å². The van der Waals surface area contributed by atoms with Gasteiger partial charge in [-0.25, -0.2) is 4.79 Å². The van der Waals surface area contributed by atoms with Crippen LogP contribution in [0.3, 0.4) is 0 Å². The number of rotatable bonds is 23. The minimum atomic E-state index is -3.38. The molecule has 31 atom stereocenters. The molecule has 6 fully saturated rings. The summed E-state index contributed by atoms with van der Waals surface area (Å²) in [7, 11) is 0. The predicted octanol–water partition coefficient (Wildman–Crippen LogP) is -14.3. The molecule has 38 nitrogen and oxygen atoms in total. The molecule has 0 aromatic rings. The first-order valence-corrected chi connectivity index (χ1v) is 26.7. The topological polar surface area (TPSA) is 599 Å². The van der Waals surface area contributed by atoms with Crippen molar-refractivity contribution in [1.82, 2.24) is 21.3 Å². The summed E-state index contributed by atoms with van der Waals surface area (Å²) in [6.45, 7) is -2.80. The summed E-state index contributed by atoms with van der Waals surface area (Å²) in [5.74, 6) is -9.14. The summed E-state index contributed by atoms with van der Waals surface area (Å²) in [5, 5.41) is 206. The van der Waals surface area contributed by atoms with Crippen LogP contribution in [0, 0.1) is 0 Å². The fraction of sp³-hybridized carbons (Fsp3) is 0.894. The zero-order valence-electron chi connectivity index (χ0n) is 45.9. The van der Waals surface area contributed by atoms with Gasteiger partial charge < -0.3 is 165 Å². The Morgan fingerprint density at radius 2 is 0.882 bits per heavy atom. The number of carboxylic acids is 1. The molecule has 22 N–H and O–H groups in total. The maximum absolute atomic E-state index is 13.7. The number of carbonyl (C=O) groups is 5. The van der Waals surface area contributed by atoms with Crippen molar-refractivity contribution in [3.63, 3.8) is 0 Å². The monoisotopic (exact) mass is 1240 g/mol. The van der Waals surface area contributed by atoms with Gasteiger partial charge in [-0.05, 0) is 0 Å². The average Bonchev–Trinajstić information content (AvgIpc) is 2.12. The quantitative estimate of drug-likeness (QED) is 0.0452. The smallest absolute Gasteiger partial charge is 0.364 e. The second-order valence-electron chi connectivity index (χ2n) is 21.1. The molecule has 85 heavy (non-hydrogen) atoms. The standard InChI is InChI=1S/C47H78N4O34/c1-12(58)48-23-16(62)5-47(46(73)74,84-38(23)27(64)17(63)6-52)85-39-26(51-15(4)61)43(78-22(11-57)36(39)81-42-24(49-13(2)59)31(68)28(65)18(7-53)76-42)83-40-30(67)20(9-55)77-45(34(40)71)80-35-21(10-56)79-44(33(70)32(35)69)82-37-25(50-14(3)60)41(72)75-19(8-54)29(37)66/h16-45,52-57,62-72H,5-11H2,1-4H3,(H,48,58)(H,49,59)(H,50,60)(H,51,61)(H,73,74)/t16-,17+,18+,19+,20+,21+,22+,23+,24+,25+,26+,27+,28-,29+,30-,31+,32+,33+,34+,35-,36-,37+,38+,39+,40-,41+,42-,43-,44-,45-,47-/m0/s1. The largest absolute Gasteiger partial charge is 0.477 e. The summed E-state index contributed by atoms with van der Waals surface area (Å²) in [6, 6.07) is -7.35. The van der Waals surface area contributed by atoms with Gasteiger partial charge in [-0.1, -0.05) is 0 Å². The van der Waals surface area contributed by atoms with Crippen LogP contribution >= 0.6 is 0 Å². The van der Waals surface area contributed by atoms with Gasteiger partial charge in [0.05, 0.1) is 51.8 Å². The number of aliphatic hydroxyl groups excluding tert-OH is 17. The summed E-state index contributed by atoms with van der Waals surface area (Å²) >= 11 is 0. The number of amides is 4. The first-order chi connectivity index (χ1) is 40.0. The minimum Gasteiger partial charge on any atom is -0.477 e. The molecule has 6 aliphatic rings. The molecule has 6 rings (SSSR count). The highest BCUT2D eigenvalue weighted by Crippen LogP contribution is 2.41. The van der Waals surface area contributed by atoms with Gasteiger partial charge in [0.25, 0.3) is 5.79 Å². The lowest BCUT2D eigenvalue weighted by Crippen LogP contribution is -2.73. The molecule has 0 aliphatic carbocycles. The molecular weight excluding hydrogens is 1160 g/mol. The first-order valence-electron chi connectivity index (χ1n) is 26.7. The van der Waals surface area contributed by atoms with Crippen LogP contribution in [-0.2, 0) is 76.1 Å². The van der Waals surface area contributed by atoms with Crippen molar-refractivity contribution in [1.29, 1.82) is 0 Å². The van der Waals surface area contributed by atoms with Crippen LogP contribution < -0.4 is 21.3 Å². The van der Waals surface area contributed by atoms with Gasteiger partial charge in [0.2, 0.25) is 23.6 Å². The van der Waals surface area contributed by atoms with Crippen LogP contribution in [0.2, 0.25) is 0 Å². The number of aliphatic hydroxyl groups is 17. The lowest BCUT2D eigenvalue weighted by molar-refractivity contribution is -0.395. The molecule has 0 spiro atoms. The van der Waals surface area contributed by atoms with E-state index in [0.717, 1.165) is 27.7 Å². The number of hydrogen-bond acceptors (Lipinski definition) is 33. The lowest BCUT2D eigenvalue weighted by atomic mass is 9.87. The van der Waals surface area contributed by atoms with Gasteiger partial charge in [0.1, 0.15) is 140 Å².